The second kappa shape index (κ2) is 10.3. The quantitative estimate of drug-likeness (QED) is 0.454. The van der Waals surface area contributed by atoms with Gasteiger partial charge in [-0.2, -0.15) is 0 Å². The first-order valence-electron chi connectivity index (χ1n) is 9.76. The fourth-order valence-electron chi connectivity index (χ4n) is 4.07. The molecule has 1 aliphatic carbocycles. The van der Waals surface area contributed by atoms with Crippen LogP contribution in [-0.4, -0.2) is 13.6 Å². The van der Waals surface area contributed by atoms with Crippen LogP contribution in [0.5, 0.6) is 5.75 Å². The van der Waals surface area contributed by atoms with Crippen LogP contribution in [0.1, 0.15) is 59.6 Å². The molecule has 1 aliphatic rings. The summed E-state index contributed by atoms with van der Waals surface area (Å²) in [6, 6.07) is 4.63. The van der Waals surface area contributed by atoms with Gasteiger partial charge in [-0.3, -0.25) is 0 Å². The van der Waals surface area contributed by atoms with Crippen molar-refractivity contribution in [1.82, 2.24) is 0 Å². The van der Waals surface area contributed by atoms with E-state index < -0.39 is 26.6 Å². The monoisotopic (exact) mass is 476 g/mol. The molecule has 0 aliphatic heterocycles. The fourth-order valence-corrected chi connectivity index (χ4v) is 8.99. The molecule has 158 valence electrons. The summed E-state index contributed by atoms with van der Waals surface area (Å²) in [7, 11) is -1.03. The molecule has 0 N–H and O–H groups in total. The third kappa shape index (κ3) is 5.52. The summed E-state index contributed by atoms with van der Waals surface area (Å²) in [5.41, 5.74) is 7.28. The van der Waals surface area contributed by atoms with Crippen LogP contribution in [0, 0.1) is 12.8 Å². The topological polar surface area (TPSA) is 9.23 Å². The van der Waals surface area contributed by atoms with Crippen molar-refractivity contribution in [3.05, 3.63) is 43.9 Å². The van der Waals surface area contributed by atoms with Crippen molar-refractivity contribution in [3.63, 3.8) is 0 Å². The molecule has 1 unspecified atom stereocenters. The summed E-state index contributed by atoms with van der Waals surface area (Å²) in [4.78, 5) is 4.58. The molecular formula is C23H38Cl2OSiTi. The molecule has 0 radical (unpaired) electrons. The molecule has 0 saturated carbocycles. The molecule has 28 heavy (non-hydrogen) atoms. The standard InChI is InChI=1S/C13H22OSi.C9H13.CH2.2ClH.Ti/c1-9-7-10(13(2,3)4)12(15(5)6)11(14)8-9;1-6-5-7(2)9(4)8(6)3;;;;/h7-8,14-15H,1-6H3;6H,1-4H3;1H2;2*1H;/q;;;;;+1/p-1. The van der Waals surface area contributed by atoms with Gasteiger partial charge in [0.15, 0.2) is 0 Å². The van der Waals surface area contributed by atoms with Crippen LogP contribution < -0.4 is 8.51 Å². The number of hydrogen-bond donors (Lipinski definition) is 0. The first-order valence-corrected chi connectivity index (χ1v) is 15.2. The molecule has 0 spiro atoms. The summed E-state index contributed by atoms with van der Waals surface area (Å²) in [6.07, 6.45) is 0. The van der Waals surface area contributed by atoms with E-state index in [0.717, 1.165) is 5.75 Å². The Morgan fingerprint density at radius 3 is 1.93 bits per heavy atom. The second-order valence-electron chi connectivity index (χ2n) is 9.22. The van der Waals surface area contributed by atoms with Crippen molar-refractivity contribution in [1.29, 1.82) is 0 Å². The molecule has 0 aromatic heterocycles. The van der Waals surface area contributed by atoms with Gasteiger partial charge in [0.05, 0.1) is 0 Å². The maximum atomic E-state index is 6.75. The molecular weight excluding hydrogens is 439 g/mol. The van der Waals surface area contributed by atoms with Gasteiger partial charge < -0.3 is 0 Å². The first kappa shape index (κ1) is 27.9. The van der Waals surface area contributed by atoms with E-state index in [9.17, 15) is 0 Å². The van der Waals surface area contributed by atoms with E-state index in [1.165, 1.54) is 36.9 Å². The predicted molar refractivity (Wildman–Crippen MR) is 131 cm³/mol. The molecule has 1 aromatic carbocycles. The summed E-state index contributed by atoms with van der Waals surface area (Å²) in [6.45, 7) is 23.0. The van der Waals surface area contributed by atoms with Gasteiger partial charge in [0.1, 0.15) is 0 Å². The summed E-state index contributed by atoms with van der Waals surface area (Å²) >= 11 is -2.05. The van der Waals surface area contributed by atoms with E-state index in [1.54, 1.807) is 0 Å². The van der Waals surface area contributed by atoms with Crippen molar-refractivity contribution in [3.8, 4) is 5.75 Å². The van der Waals surface area contributed by atoms with Gasteiger partial charge in [-0.1, -0.05) is 0 Å². The Morgan fingerprint density at radius 2 is 1.54 bits per heavy atom. The Kier molecular flexibility index (Phi) is 10.2. The molecule has 0 bridgehead atoms. The Bertz CT molecular complexity index is 817. The zero-order chi connectivity index (χ0) is 20.0. The van der Waals surface area contributed by atoms with E-state index in [2.05, 4.69) is 85.4 Å². The minimum atomic E-state index is -2.05. The molecule has 5 heteroatoms. The van der Waals surface area contributed by atoms with Gasteiger partial charge >= 0.3 is 169 Å². The van der Waals surface area contributed by atoms with E-state index in [-0.39, 0.29) is 30.2 Å². The Balaban J connectivity index is 0.00000364. The van der Waals surface area contributed by atoms with E-state index >= 15 is 0 Å². The molecule has 1 atom stereocenters. The zero-order valence-electron chi connectivity index (χ0n) is 19.2. The van der Waals surface area contributed by atoms with Gasteiger partial charge in [0.2, 0.25) is 0 Å². The van der Waals surface area contributed by atoms with Crippen molar-refractivity contribution in [2.45, 2.75) is 73.9 Å². The third-order valence-electron chi connectivity index (χ3n) is 5.85. The summed E-state index contributed by atoms with van der Waals surface area (Å²) in [5.74, 6) is 1.63. The van der Waals surface area contributed by atoms with Crippen molar-refractivity contribution in [2.24, 2.45) is 5.92 Å². The second-order valence-corrected chi connectivity index (χ2v) is 14.6. The molecule has 0 heterocycles. The summed E-state index contributed by atoms with van der Waals surface area (Å²) < 4.78 is 8.26. The van der Waals surface area contributed by atoms with Crippen LogP contribution in [0.3, 0.4) is 0 Å². The van der Waals surface area contributed by atoms with Crippen LogP contribution in [0.15, 0.2) is 32.7 Å². The number of hydrogen-bond acceptors (Lipinski definition) is 1. The molecule has 0 amide bonds. The SMILES string of the molecule is Cl.Cl.[CH2]=[Ti]([O]c1cc(C)cc(C(C)(C)C)c1[SiH](C)C)[C]1=C(C)C(C)=C(C)C1C. The number of halogens is 2. The van der Waals surface area contributed by atoms with Crippen LogP contribution in [0.2, 0.25) is 13.1 Å². The summed E-state index contributed by atoms with van der Waals surface area (Å²) in [5, 5.41) is 1.50. The van der Waals surface area contributed by atoms with Crippen LogP contribution in [0.4, 0.5) is 0 Å². The number of rotatable bonds is 4. The van der Waals surface area contributed by atoms with Gasteiger partial charge in [-0.15, -0.1) is 24.8 Å². The van der Waals surface area contributed by atoms with E-state index in [4.69, 9.17) is 3.32 Å². The van der Waals surface area contributed by atoms with Gasteiger partial charge in [-0.05, 0) is 0 Å². The van der Waals surface area contributed by atoms with E-state index in [1.807, 2.05) is 0 Å². The average Bonchev–Trinajstić information content (AvgIpc) is 2.69. The van der Waals surface area contributed by atoms with Crippen LogP contribution >= 0.6 is 24.8 Å². The maximum absolute atomic E-state index is 6.75. The Labute approximate surface area is 193 Å². The van der Waals surface area contributed by atoms with Gasteiger partial charge in [0, 0.05) is 0 Å². The molecule has 2 rings (SSSR count). The molecule has 0 fully saturated rings. The Morgan fingerprint density at radius 1 is 1.00 bits per heavy atom. The molecule has 1 nitrogen and oxygen atoms in total. The number of aryl methyl sites for hydroxylation is 1. The van der Waals surface area contributed by atoms with Crippen molar-refractivity contribution in [2.75, 3.05) is 0 Å². The van der Waals surface area contributed by atoms with Gasteiger partial charge in [-0.25, -0.2) is 0 Å². The number of allylic oxidation sites excluding steroid dienone is 4. The first-order chi connectivity index (χ1) is 11.9. The molecule has 0 saturated heterocycles. The average molecular weight is 477 g/mol. The van der Waals surface area contributed by atoms with E-state index in [0.29, 0.717) is 5.92 Å². The van der Waals surface area contributed by atoms with Crippen molar-refractivity contribution < 1.29 is 21.1 Å². The third-order valence-corrected chi connectivity index (χ3v) is 10.5. The van der Waals surface area contributed by atoms with Crippen molar-refractivity contribution >= 4 is 43.6 Å². The van der Waals surface area contributed by atoms with Gasteiger partial charge in [0.25, 0.3) is 0 Å². The fraction of sp³-hybridized carbons (Fsp3) is 0.522. The Hall–Kier alpha value is -0.119. The zero-order valence-corrected chi connectivity index (χ0v) is 23.6. The predicted octanol–water partition coefficient (Wildman–Crippen LogP) is 6.43. The molecule has 1 aromatic rings. The normalized spacial score (nSPS) is 16.9. The minimum absolute atomic E-state index is 0. The van der Waals surface area contributed by atoms with Crippen LogP contribution in [-0.2, 0) is 23.2 Å². The van der Waals surface area contributed by atoms with Crippen LogP contribution in [0.25, 0.3) is 0 Å². The number of benzene rings is 1.